The lowest BCUT2D eigenvalue weighted by Gasteiger charge is -2.39. The second-order valence-corrected chi connectivity index (χ2v) is 3.97. The van der Waals surface area contributed by atoms with Crippen molar-refractivity contribution in [3.8, 4) is 0 Å². The number of primary amides is 2. The van der Waals surface area contributed by atoms with Crippen LogP contribution in [-0.2, 0) is 9.59 Å². The van der Waals surface area contributed by atoms with E-state index in [9.17, 15) is 9.59 Å². The smallest absolute Gasteiger partial charge is 0.224 e. The summed E-state index contributed by atoms with van der Waals surface area (Å²) in [5.74, 6) is -1.28. The first kappa shape index (κ1) is 11.0. The number of carbonyl (C=O) groups excluding carboxylic acids is 2. The average molecular weight is 197 g/mol. The van der Waals surface area contributed by atoms with Crippen LogP contribution in [0.25, 0.3) is 0 Å². The second kappa shape index (κ2) is 3.98. The zero-order valence-electron chi connectivity index (χ0n) is 8.29. The van der Waals surface area contributed by atoms with Crippen LogP contribution in [-0.4, -0.2) is 11.8 Å². The van der Waals surface area contributed by atoms with E-state index >= 15 is 0 Å². The molecule has 1 aliphatic carbocycles. The summed E-state index contributed by atoms with van der Waals surface area (Å²) < 4.78 is 0. The van der Waals surface area contributed by atoms with E-state index < -0.39 is 23.1 Å². The van der Waals surface area contributed by atoms with Gasteiger partial charge in [-0.15, -0.1) is 0 Å². The molecule has 4 nitrogen and oxygen atoms in total. The Morgan fingerprint density at radius 2 is 2.00 bits per heavy atom. The number of rotatable bonds is 3. The molecule has 1 radical (unpaired) electrons. The first-order chi connectivity index (χ1) is 6.54. The van der Waals surface area contributed by atoms with Gasteiger partial charge in [0.1, 0.15) is 0 Å². The summed E-state index contributed by atoms with van der Waals surface area (Å²) in [5, 5.41) is 0. The van der Waals surface area contributed by atoms with Crippen molar-refractivity contribution in [2.45, 2.75) is 32.1 Å². The van der Waals surface area contributed by atoms with Gasteiger partial charge in [-0.2, -0.15) is 0 Å². The standard InChI is InChI=1S/C10H17N2O2/c1-2-10(9(12)14)6-4-3-5-7(10)8(11)13/h7H,1-6H2,(H2,11,13)(H2,12,14). The summed E-state index contributed by atoms with van der Waals surface area (Å²) in [5.41, 5.74) is 9.85. The van der Waals surface area contributed by atoms with Crippen LogP contribution in [0.3, 0.4) is 0 Å². The van der Waals surface area contributed by atoms with Crippen LogP contribution in [0.4, 0.5) is 0 Å². The molecular formula is C10H17N2O2. The van der Waals surface area contributed by atoms with Crippen molar-refractivity contribution in [2.24, 2.45) is 22.8 Å². The Kier molecular flexibility index (Phi) is 3.13. The van der Waals surface area contributed by atoms with Crippen molar-refractivity contribution in [3.63, 3.8) is 0 Å². The molecule has 1 saturated carbocycles. The van der Waals surface area contributed by atoms with Crippen molar-refractivity contribution in [3.05, 3.63) is 6.92 Å². The number of hydrogen-bond donors (Lipinski definition) is 2. The summed E-state index contributed by atoms with van der Waals surface area (Å²) in [4.78, 5) is 22.6. The van der Waals surface area contributed by atoms with Crippen molar-refractivity contribution in [1.82, 2.24) is 0 Å². The van der Waals surface area contributed by atoms with E-state index in [0.29, 0.717) is 19.3 Å². The summed E-state index contributed by atoms with van der Waals surface area (Å²) in [6.07, 6.45) is 3.51. The first-order valence-corrected chi connectivity index (χ1v) is 4.93. The van der Waals surface area contributed by atoms with Gasteiger partial charge in [0.2, 0.25) is 11.8 Å². The highest BCUT2D eigenvalue weighted by molar-refractivity contribution is 5.89. The molecule has 1 aliphatic rings. The lowest BCUT2D eigenvalue weighted by Crippen LogP contribution is -2.49. The van der Waals surface area contributed by atoms with E-state index in [0.717, 1.165) is 12.8 Å². The first-order valence-electron chi connectivity index (χ1n) is 4.93. The molecular weight excluding hydrogens is 180 g/mol. The van der Waals surface area contributed by atoms with E-state index in [1.165, 1.54) is 0 Å². The van der Waals surface area contributed by atoms with Crippen LogP contribution in [0.1, 0.15) is 32.1 Å². The third-order valence-electron chi connectivity index (χ3n) is 3.31. The fourth-order valence-electron chi connectivity index (χ4n) is 2.37. The largest absolute Gasteiger partial charge is 0.369 e. The average Bonchev–Trinajstić information content (AvgIpc) is 2.17. The highest BCUT2D eigenvalue weighted by Gasteiger charge is 2.46. The van der Waals surface area contributed by atoms with Gasteiger partial charge >= 0.3 is 0 Å². The Labute approximate surface area is 84.0 Å². The zero-order valence-corrected chi connectivity index (χ0v) is 8.29. The minimum Gasteiger partial charge on any atom is -0.369 e. The molecule has 14 heavy (non-hydrogen) atoms. The van der Waals surface area contributed by atoms with Crippen LogP contribution in [0.2, 0.25) is 0 Å². The number of amides is 2. The van der Waals surface area contributed by atoms with Crippen molar-refractivity contribution >= 4 is 11.8 Å². The Morgan fingerprint density at radius 1 is 1.36 bits per heavy atom. The lowest BCUT2D eigenvalue weighted by atomic mass is 9.64. The Morgan fingerprint density at radius 3 is 2.36 bits per heavy atom. The van der Waals surface area contributed by atoms with Crippen molar-refractivity contribution in [2.75, 3.05) is 0 Å². The summed E-state index contributed by atoms with van der Waals surface area (Å²) in [6.45, 7) is 3.73. The predicted molar refractivity (Wildman–Crippen MR) is 52.8 cm³/mol. The maximum Gasteiger partial charge on any atom is 0.224 e. The van der Waals surface area contributed by atoms with E-state index in [2.05, 4.69) is 6.92 Å². The van der Waals surface area contributed by atoms with Gasteiger partial charge in [0.25, 0.3) is 0 Å². The van der Waals surface area contributed by atoms with Crippen LogP contribution in [0.5, 0.6) is 0 Å². The van der Waals surface area contributed by atoms with Crippen molar-refractivity contribution in [1.29, 1.82) is 0 Å². The van der Waals surface area contributed by atoms with Gasteiger partial charge in [0, 0.05) is 0 Å². The van der Waals surface area contributed by atoms with Crippen LogP contribution < -0.4 is 11.5 Å². The molecule has 1 rings (SSSR count). The Bertz CT molecular complexity index is 253. The maximum absolute atomic E-state index is 11.4. The SMILES string of the molecule is [CH2]CC1(C(N)=O)CCCCC1C(N)=O. The molecule has 0 spiro atoms. The molecule has 4 N–H and O–H groups in total. The molecule has 0 aromatic rings. The van der Waals surface area contributed by atoms with Gasteiger partial charge in [-0.05, 0) is 19.3 Å². The molecule has 0 heterocycles. The third-order valence-corrected chi connectivity index (χ3v) is 3.31. The summed E-state index contributed by atoms with van der Waals surface area (Å²) in [7, 11) is 0. The molecule has 0 aromatic carbocycles. The predicted octanol–water partition coefficient (Wildman–Crippen LogP) is 0.358. The fourth-order valence-corrected chi connectivity index (χ4v) is 2.37. The van der Waals surface area contributed by atoms with Gasteiger partial charge in [0.05, 0.1) is 11.3 Å². The Balaban J connectivity index is 2.98. The number of hydrogen-bond acceptors (Lipinski definition) is 2. The van der Waals surface area contributed by atoms with Crippen LogP contribution in [0, 0.1) is 18.3 Å². The molecule has 1 fully saturated rings. The van der Waals surface area contributed by atoms with Crippen molar-refractivity contribution < 1.29 is 9.59 Å². The van der Waals surface area contributed by atoms with Gasteiger partial charge in [0.15, 0.2) is 0 Å². The van der Waals surface area contributed by atoms with Gasteiger partial charge in [-0.1, -0.05) is 19.8 Å². The number of carbonyl (C=O) groups is 2. The third kappa shape index (κ3) is 1.61. The van der Waals surface area contributed by atoms with Gasteiger partial charge in [-0.25, -0.2) is 0 Å². The molecule has 4 heteroatoms. The lowest BCUT2D eigenvalue weighted by molar-refractivity contribution is -0.141. The van der Waals surface area contributed by atoms with E-state index in [1.54, 1.807) is 0 Å². The van der Waals surface area contributed by atoms with Gasteiger partial charge in [-0.3, -0.25) is 9.59 Å². The van der Waals surface area contributed by atoms with Crippen LogP contribution >= 0.6 is 0 Å². The monoisotopic (exact) mass is 197 g/mol. The molecule has 0 aromatic heterocycles. The molecule has 2 unspecified atom stereocenters. The normalized spacial score (nSPS) is 32.5. The highest BCUT2D eigenvalue weighted by atomic mass is 16.2. The molecule has 0 saturated heterocycles. The van der Waals surface area contributed by atoms with E-state index in [-0.39, 0.29) is 0 Å². The molecule has 2 atom stereocenters. The minimum atomic E-state index is -0.788. The quantitative estimate of drug-likeness (QED) is 0.684. The fraction of sp³-hybridized carbons (Fsp3) is 0.700. The topological polar surface area (TPSA) is 86.2 Å². The van der Waals surface area contributed by atoms with E-state index in [4.69, 9.17) is 11.5 Å². The second-order valence-electron chi connectivity index (χ2n) is 3.97. The van der Waals surface area contributed by atoms with E-state index in [1.807, 2.05) is 0 Å². The van der Waals surface area contributed by atoms with Gasteiger partial charge < -0.3 is 11.5 Å². The minimum absolute atomic E-state index is 0.357. The molecule has 2 amide bonds. The molecule has 79 valence electrons. The maximum atomic E-state index is 11.4. The summed E-state index contributed by atoms with van der Waals surface area (Å²) in [6, 6.07) is 0. The van der Waals surface area contributed by atoms with Crippen LogP contribution in [0.15, 0.2) is 0 Å². The Hall–Kier alpha value is -1.06. The number of nitrogens with two attached hydrogens (primary N) is 2. The highest BCUT2D eigenvalue weighted by Crippen LogP contribution is 2.43. The molecule has 0 aliphatic heterocycles. The zero-order chi connectivity index (χ0) is 10.8. The molecule has 0 bridgehead atoms. The summed E-state index contributed by atoms with van der Waals surface area (Å²) >= 11 is 0.